The van der Waals surface area contributed by atoms with Crippen molar-refractivity contribution in [2.45, 2.75) is 6.92 Å². The van der Waals surface area contributed by atoms with Gasteiger partial charge >= 0.3 is 0 Å². The topological polar surface area (TPSA) is 72.8 Å². The Morgan fingerprint density at radius 1 is 0.960 bits per heavy atom. The molecule has 130 valence electrons. The van der Waals surface area contributed by atoms with E-state index < -0.39 is 0 Å². The van der Waals surface area contributed by atoms with E-state index in [1.807, 2.05) is 31.2 Å². The summed E-state index contributed by atoms with van der Waals surface area (Å²) in [6, 6.07) is 9.13. The lowest BCUT2D eigenvalue weighted by Crippen LogP contribution is -1.99. The fourth-order valence-electron chi connectivity index (χ4n) is 2.70. The van der Waals surface area contributed by atoms with E-state index >= 15 is 0 Å². The zero-order valence-corrected chi connectivity index (χ0v) is 14.6. The third-order valence-corrected chi connectivity index (χ3v) is 4.03. The van der Waals surface area contributed by atoms with Gasteiger partial charge in [-0.1, -0.05) is 6.07 Å². The van der Waals surface area contributed by atoms with Gasteiger partial charge in [0, 0.05) is 29.0 Å². The maximum absolute atomic E-state index is 9.92. The Balaban J connectivity index is 2.17. The lowest BCUT2D eigenvalue weighted by molar-refractivity contribution is 0.327. The lowest BCUT2D eigenvalue weighted by Gasteiger charge is -2.16. The summed E-state index contributed by atoms with van der Waals surface area (Å²) in [7, 11) is 4.70. The molecule has 0 saturated carbocycles. The van der Waals surface area contributed by atoms with Crippen LogP contribution in [0, 0.1) is 6.92 Å². The molecule has 0 aliphatic heterocycles. The number of ether oxygens (including phenoxy) is 3. The van der Waals surface area contributed by atoms with Crippen molar-refractivity contribution < 1.29 is 19.3 Å². The van der Waals surface area contributed by atoms with Crippen LogP contribution in [-0.4, -0.2) is 31.4 Å². The van der Waals surface area contributed by atoms with Gasteiger partial charge in [-0.15, -0.1) is 0 Å². The molecule has 0 radical (unpaired) electrons. The number of phenolic OH excluding ortho intramolecular Hbond substituents is 1. The summed E-state index contributed by atoms with van der Waals surface area (Å²) in [5.74, 6) is 1.79. The molecule has 0 bridgehead atoms. The Kier molecular flexibility index (Phi) is 4.52. The number of phenols is 1. The van der Waals surface area contributed by atoms with Gasteiger partial charge in [-0.05, 0) is 30.7 Å². The number of hydrogen-bond acceptors (Lipinski definition) is 6. The van der Waals surface area contributed by atoms with Crippen molar-refractivity contribution in [1.82, 2.24) is 4.98 Å². The van der Waals surface area contributed by atoms with Gasteiger partial charge in [-0.3, -0.25) is 4.98 Å². The van der Waals surface area contributed by atoms with Crippen LogP contribution >= 0.6 is 0 Å². The maximum atomic E-state index is 9.92. The monoisotopic (exact) mass is 340 g/mol. The van der Waals surface area contributed by atoms with Gasteiger partial charge < -0.3 is 24.6 Å². The molecule has 1 aromatic heterocycles. The Bertz CT molecular complexity index is 925. The van der Waals surface area contributed by atoms with Crippen molar-refractivity contribution in [3.05, 3.63) is 42.1 Å². The van der Waals surface area contributed by atoms with Crippen molar-refractivity contribution in [2.24, 2.45) is 0 Å². The molecular formula is C19H20N2O4. The predicted molar refractivity (Wildman–Crippen MR) is 97.5 cm³/mol. The number of methoxy groups -OCH3 is 3. The predicted octanol–water partition coefficient (Wildman–Crippen LogP) is 4.02. The number of anilines is 2. The average molecular weight is 340 g/mol. The van der Waals surface area contributed by atoms with Gasteiger partial charge in [0.15, 0.2) is 11.5 Å². The molecule has 6 nitrogen and oxygen atoms in total. The van der Waals surface area contributed by atoms with Crippen molar-refractivity contribution >= 4 is 22.3 Å². The highest BCUT2D eigenvalue weighted by Crippen LogP contribution is 2.44. The molecule has 0 fully saturated rings. The quantitative estimate of drug-likeness (QED) is 0.731. The molecule has 6 heteroatoms. The molecule has 1 heterocycles. The van der Waals surface area contributed by atoms with Crippen molar-refractivity contribution in [3.63, 3.8) is 0 Å². The van der Waals surface area contributed by atoms with Crippen LogP contribution in [0.4, 0.5) is 11.4 Å². The van der Waals surface area contributed by atoms with Gasteiger partial charge in [0.2, 0.25) is 5.75 Å². The molecule has 0 aliphatic rings. The number of fused-ring (bicyclic) bond motifs is 1. The van der Waals surface area contributed by atoms with E-state index in [0.717, 1.165) is 22.3 Å². The highest BCUT2D eigenvalue weighted by atomic mass is 16.5. The lowest BCUT2D eigenvalue weighted by atomic mass is 10.1. The smallest absolute Gasteiger partial charge is 0.205 e. The van der Waals surface area contributed by atoms with Crippen LogP contribution in [0.25, 0.3) is 10.9 Å². The summed E-state index contributed by atoms with van der Waals surface area (Å²) in [5, 5.41) is 14.0. The van der Waals surface area contributed by atoms with E-state index in [-0.39, 0.29) is 5.75 Å². The van der Waals surface area contributed by atoms with Gasteiger partial charge in [0.25, 0.3) is 0 Å². The number of aryl methyl sites for hydroxylation is 1. The van der Waals surface area contributed by atoms with Crippen LogP contribution in [-0.2, 0) is 0 Å². The molecule has 25 heavy (non-hydrogen) atoms. The standard InChI is InChI=1S/C19H20N2O4/c1-11-5-6-12(9-15(11)22)21-14-7-8-20-17-13(14)10-16(23-2)18(24-3)19(17)25-4/h5-10,22H,1-4H3,(H,20,21). The van der Waals surface area contributed by atoms with E-state index in [0.29, 0.717) is 22.8 Å². The number of pyridine rings is 1. The molecular weight excluding hydrogens is 320 g/mol. The zero-order valence-electron chi connectivity index (χ0n) is 14.6. The molecule has 0 amide bonds. The minimum absolute atomic E-state index is 0.236. The summed E-state index contributed by atoms with van der Waals surface area (Å²) >= 11 is 0. The Labute approximate surface area is 146 Å². The van der Waals surface area contributed by atoms with E-state index in [9.17, 15) is 5.11 Å². The Morgan fingerprint density at radius 3 is 2.36 bits per heavy atom. The van der Waals surface area contributed by atoms with E-state index in [4.69, 9.17) is 14.2 Å². The van der Waals surface area contributed by atoms with Crippen LogP contribution in [0.1, 0.15) is 5.56 Å². The normalized spacial score (nSPS) is 10.6. The highest BCUT2D eigenvalue weighted by Gasteiger charge is 2.18. The van der Waals surface area contributed by atoms with Crippen molar-refractivity contribution in [2.75, 3.05) is 26.6 Å². The molecule has 2 N–H and O–H groups in total. The second-order valence-corrected chi connectivity index (χ2v) is 5.53. The fourth-order valence-corrected chi connectivity index (χ4v) is 2.70. The Hall–Kier alpha value is -3.15. The SMILES string of the molecule is COc1cc2c(Nc3ccc(C)c(O)c3)ccnc2c(OC)c1OC. The number of nitrogens with one attached hydrogen (secondary N) is 1. The van der Waals surface area contributed by atoms with Crippen LogP contribution < -0.4 is 19.5 Å². The minimum atomic E-state index is 0.236. The van der Waals surface area contributed by atoms with Crippen LogP contribution in [0.15, 0.2) is 36.5 Å². The second kappa shape index (κ2) is 6.76. The molecule has 0 aliphatic carbocycles. The van der Waals surface area contributed by atoms with Crippen LogP contribution in [0.5, 0.6) is 23.0 Å². The molecule has 0 spiro atoms. The van der Waals surface area contributed by atoms with Gasteiger partial charge in [0.05, 0.1) is 21.3 Å². The third-order valence-electron chi connectivity index (χ3n) is 4.03. The highest BCUT2D eigenvalue weighted by molar-refractivity contribution is 5.99. The largest absolute Gasteiger partial charge is 0.508 e. The number of nitrogens with zero attached hydrogens (tertiary/aromatic N) is 1. The van der Waals surface area contributed by atoms with Gasteiger partial charge in [0.1, 0.15) is 11.3 Å². The molecule has 2 aromatic carbocycles. The van der Waals surface area contributed by atoms with Crippen molar-refractivity contribution in [3.8, 4) is 23.0 Å². The fraction of sp³-hybridized carbons (Fsp3) is 0.211. The van der Waals surface area contributed by atoms with E-state index in [1.165, 1.54) is 0 Å². The third kappa shape index (κ3) is 2.98. The first-order valence-electron chi connectivity index (χ1n) is 7.73. The number of aromatic hydroxyl groups is 1. The summed E-state index contributed by atoms with van der Waals surface area (Å²) in [5.41, 5.74) is 3.05. The summed E-state index contributed by atoms with van der Waals surface area (Å²) in [6.45, 7) is 1.85. The van der Waals surface area contributed by atoms with E-state index in [2.05, 4.69) is 10.3 Å². The number of aromatic nitrogens is 1. The minimum Gasteiger partial charge on any atom is -0.508 e. The first kappa shape index (κ1) is 16.7. The molecule has 3 aromatic rings. The maximum Gasteiger partial charge on any atom is 0.205 e. The summed E-state index contributed by atoms with van der Waals surface area (Å²) in [4.78, 5) is 4.42. The van der Waals surface area contributed by atoms with Gasteiger partial charge in [-0.25, -0.2) is 0 Å². The zero-order chi connectivity index (χ0) is 18.0. The molecule has 0 unspecified atom stereocenters. The number of benzene rings is 2. The molecule has 0 atom stereocenters. The summed E-state index contributed by atoms with van der Waals surface area (Å²) in [6.07, 6.45) is 1.69. The molecule has 0 saturated heterocycles. The molecule has 3 rings (SSSR count). The van der Waals surface area contributed by atoms with Crippen LogP contribution in [0.3, 0.4) is 0 Å². The first-order chi connectivity index (χ1) is 12.1. The van der Waals surface area contributed by atoms with Gasteiger partial charge in [-0.2, -0.15) is 0 Å². The second-order valence-electron chi connectivity index (χ2n) is 5.53. The number of hydrogen-bond donors (Lipinski definition) is 2. The summed E-state index contributed by atoms with van der Waals surface area (Å²) < 4.78 is 16.3. The average Bonchev–Trinajstić information content (AvgIpc) is 2.63. The first-order valence-corrected chi connectivity index (χ1v) is 7.73. The van der Waals surface area contributed by atoms with E-state index in [1.54, 1.807) is 33.6 Å². The van der Waals surface area contributed by atoms with Crippen LogP contribution in [0.2, 0.25) is 0 Å². The Morgan fingerprint density at radius 2 is 1.72 bits per heavy atom. The number of rotatable bonds is 5. The van der Waals surface area contributed by atoms with Crippen molar-refractivity contribution in [1.29, 1.82) is 0 Å².